The summed E-state index contributed by atoms with van der Waals surface area (Å²) >= 11 is 0. The Morgan fingerprint density at radius 1 is 0.750 bits per heavy atom. The minimum absolute atomic E-state index is 0.218. The van der Waals surface area contributed by atoms with Crippen LogP contribution < -0.4 is 0 Å². The van der Waals surface area contributed by atoms with Crippen LogP contribution in [-0.2, 0) is 31.5 Å². The molecule has 4 aliphatic carbocycles. The maximum absolute atomic E-state index is 7.18. The molecule has 0 bridgehead atoms. The fourth-order valence-corrected chi connectivity index (χ4v) is 13.7. The van der Waals surface area contributed by atoms with Crippen LogP contribution in [0.4, 0.5) is 0 Å². The molecule has 0 N–H and O–H groups in total. The Morgan fingerprint density at radius 2 is 1.36 bits per heavy atom. The van der Waals surface area contributed by atoms with Gasteiger partial charge in [-0.3, -0.25) is 0 Å². The van der Waals surface area contributed by atoms with Gasteiger partial charge in [0.1, 0.15) is 0 Å². The maximum Gasteiger partial charge on any atom is 0.241 e. The van der Waals surface area contributed by atoms with Gasteiger partial charge in [0, 0.05) is 12.5 Å². The van der Waals surface area contributed by atoms with E-state index in [0.717, 1.165) is 25.9 Å². The molecule has 312 valence electrons. The van der Waals surface area contributed by atoms with Crippen LogP contribution in [0.2, 0.25) is 37.8 Å². The van der Waals surface area contributed by atoms with Gasteiger partial charge in [-0.05, 0) is 153 Å². The zero-order chi connectivity index (χ0) is 40.5. The molecule has 6 rings (SSSR count). The zero-order valence-electron chi connectivity index (χ0n) is 37.7. The highest BCUT2D eigenvalue weighted by atomic mass is 28.4. The van der Waals surface area contributed by atoms with Crippen molar-refractivity contribution < 1.29 is 18.3 Å². The maximum atomic E-state index is 7.18. The smallest absolute Gasteiger partial charge is 0.241 e. The summed E-state index contributed by atoms with van der Waals surface area (Å²) in [5.74, 6) is 5.37. The van der Waals surface area contributed by atoms with E-state index in [0.29, 0.717) is 54.6 Å². The summed E-state index contributed by atoms with van der Waals surface area (Å²) < 4.78 is 27.7. The van der Waals surface area contributed by atoms with Gasteiger partial charge in [-0.15, -0.1) is 0 Å². The molecule has 0 aliphatic heterocycles. The monoisotopic (exact) mass is 801 g/mol. The molecule has 0 amide bonds. The quantitative estimate of drug-likeness (QED) is 0.159. The Bertz CT molecular complexity index is 1580. The number of hydrogen-bond acceptors (Lipinski definition) is 4. The van der Waals surface area contributed by atoms with E-state index >= 15 is 0 Å². The fourth-order valence-electron chi connectivity index (χ4n) is 11.7. The van der Waals surface area contributed by atoms with Gasteiger partial charge in [-0.2, -0.15) is 0 Å². The summed E-state index contributed by atoms with van der Waals surface area (Å²) in [4.78, 5) is 0. The minimum Gasteiger partial charge on any atom is -0.547 e. The number of fused-ring (bicyclic) bond motifs is 5. The Morgan fingerprint density at radius 3 is 1.96 bits per heavy atom. The number of rotatable bonds is 16. The van der Waals surface area contributed by atoms with Crippen molar-refractivity contribution >= 4 is 16.6 Å². The summed E-state index contributed by atoms with van der Waals surface area (Å²) in [6.45, 7) is 31.5. The van der Waals surface area contributed by atoms with Crippen LogP contribution in [-0.4, -0.2) is 35.4 Å². The second-order valence-corrected chi connectivity index (χ2v) is 31.3. The average Bonchev–Trinajstić information content (AvgIpc) is 3.43. The molecule has 0 unspecified atom stereocenters. The van der Waals surface area contributed by atoms with E-state index in [4.69, 9.17) is 18.3 Å². The molecule has 0 radical (unpaired) electrons. The molecule has 2 aromatic carbocycles. The summed E-state index contributed by atoms with van der Waals surface area (Å²) in [5, 5.41) is 0.259. The third kappa shape index (κ3) is 9.83. The molecule has 2 aromatic rings. The predicted molar refractivity (Wildman–Crippen MR) is 239 cm³/mol. The number of allylic oxidation sites excluding steroid dienone is 2. The Kier molecular flexibility index (Phi) is 13.7. The summed E-state index contributed by atoms with van der Waals surface area (Å²) in [5.41, 5.74) is 3.01. The Balaban J connectivity index is 1.20. The molecule has 3 saturated carbocycles. The van der Waals surface area contributed by atoms with E-state index in [9.17, 15) is 0 Å². The van der Waals surface area contributed by atoms with Crippen molar-refractivity contribution in [2.75, 3.05) is 6.61 Å². The largest absolute Gasteiger partial charge is 0.547 e. The van der Waals surface area contributed by atoms with E-state index in [-0.39, 0.29) is 28.1 Å². The highest BCUT2D eigenvalue weighted by molar-refractivity contribution is 6.74. The molecule has 0 aromatic heterocycles. The molecule has 0 saturated heterocycles. The lowest BCUT2D eigenvalue weighted by Gasteiger charge is -2.63. The number of hydrogen-bond donors (Lipinski definition) is 0. The van der Waals surface area contributed by atoms with E-state index in [1.54, 1.807) is 0 Å². The Labute approximate surface area is 345 Å². The van der Waals surface area contributed by atoms with Crippen LogP contribution in [0.15, 0.2) is 72.5 Å². The molecule has 11 atom stereocenters. The number of benzene rings is 2. The zero-order valence-corrected chi connectivity index (χ0v) is 39.7. The van der Waals surface area contributed by atoms with Crippen LogP contribution in [0.3, 0.4) is 0 Å². The first-order chi connectivity index (χ1) is 26.3. The second kappa shape index (κ2) is 17.5. The molecular weight excluding hydrogens is 721 g/mol. The van der Waals surface area contributed by atoms with Gasteiger partial charge in [0.05, 0.1) is 31.2 Å². The molecule has 4 aliphatic rings. The molecular formula is C50H80O4Si2. The van der Waals surface area contributed by atoms with Gasteiger partial charge in [0.25, 0.3) is 0 Å². The van der Waals surface area contributed by atoms with Crippen molar-refractivity contribution in [2.45, 2.75) is 169 Å². The van der Waals surface area contributed by atoms with Crippen molar-refractivity contribution in [3.8, 4) is 0 Å². The van der Waals surface area contributed by atoms with Gasteiger partial charge in [-0.25, -0.2) is 0 Å². The molecule has 6 heteroatoms. The molecule has 0 spiro atoms. The van der Waals surface area contributed by atoms with Gasteiger partial charge < -0.3 is 18.3 Å². The lowest BCUT2D eigenvalue weighted by atomic mass is 9.43. The van der Waals surface area contributed by atoms with Crippen molar-refractivity contribution in [1.82, 2.24) is 0 Å². The lowest BCUT2D eigenvalue weighted by Crippen LogP contribution is -2.59. The first-order valence-electron chi connectivity index (χ1n) is 22.7. The van der Waals surface area contributed by atoms with Crippen molar-refractivity contribution in [3.05, 3.63) is 83.6 Å². The lowest BCUT2D eigenvalue weighted by molar-refractivity contribution is -0.191. The summed E-state index contributed by atoms with van der Waals surface area (Å²) in [7, 11) is -3.54. The minimum atomic E-state index is -1.81. The molecule has 3 fully saturated rings. The summed E-state index contributed by atoms with van der Waals surface area (Å²) in [6.07, 6.45) is 14.2. The normalized spacial score (nSPS) is 33.1. The van der Waals surface area contributed by atoms with E-state index in [1.807, 2.05) is 0 Å². The highest BCUT2D eigenvalue weighted by Crippen LogP contribution is 2.68. The van der Waals surface area contributed by atoms with E-state index in [1.165, 1.54) is 55.4 Å². The summed E-state index contributed by atoms with van der Waals surface area (Å²) in [6, 6.07) is 21.6. The third-order valence-corrected chi connectivity index (χ3v) is 21.1. The Hall–Kier alpha value is -1.71. The third-order valence-electron chi connectivity index (χ3n) is 15.8. The first-order valence-corrected chi connectivity index (χ1v) is 29.0. The SMILES string of the molecule is C[C@H](CCC[C@@H](C)[C@H]1C(O[Si](C)(C)C)=C[C@H]2[C@@H]3C[C@@H](OCc4ccccc4)[C@H]4C[C@@H](OCc5ccccc5)CC[C@]4(C)[C@H]3CC[C@]12C)CO[Si](C)(C)C(C)(C)C. The van der Waals surface area contributed by atoms with Gasteiger partial charge in [-0.1, -0.05) is 116 Å². The molecule has 4 nitrogen and oxygen atoms in total. The molecule has 56 heavy (non-hydrogen) atoms. The van der Waals surface area contributed by atoms with Crippen LogP contribution in [0.1, 0.15) is 117 Å². The topological polar surface area (TPSA) is 36.9 Å². The average molecular weight is 801 g/mol. The van der Waals surface area contributed by atoms with Gasteiger partial charge in [0.15, 0.2) is 8.32 Å². The van der Waals surface area contributed by atoms with Crippen LogP contribution in [0, 0.1) is 52.3 Å². The van der Waals surface area contributed by atoms with E-state index in [2.05, 4.69) is 148 Å². The highest BCUT2D eigenvalue weighted by Gasteiger charge is 2.63. The fraction of sp³-hybridized carbons (Fsp3) is 0.720. The van der Waals surface area contributed by atoms with Gasteiger partial charge >= 0.3 is 0 Å². The standard InChI is InChI=1S/C50H80O4Si2/c1-36(33-53-56(11,12)48(3,4)5)20-19-21-37(2)47-46(54-55(8,9)10)32-43-41-31-45(52-35-39-24-17-14-18-25-39)44-30-40(51-34-38-22-15-13-16-23-38)26-28-49(44,6)42(41)27-29-50(43,47)7/h13-18,22-25,32,36-37,40-45,47H,19-21,26-31,33-35H2,1-12H3/t36-,37-,40+,41-,42+,43+,44-,45-,47+,49-,50+/m1/s1. The molecule has 0 heterocycles. The van der Waals surface area contributed by atoms with Crippen molar-refractivity contribution in [1.29, 1.82) is 0 Å². The van der Waals surface area contributed by atoms with Crippen LogP contribution in [0.5, 0.6) is 0 Å². The van der Waals surface area contributed by atoms with Crippen LogP contribution in [0.25, 0.3) is 0 Å². The van der Waals surface area contributed by atoms with Crippen molar-refractivity contribution in [3.63, 3.8) is 0 Å². The first kappa shape index (κ1) is 43.9. The number of ether oxygens (including phenoxy) is 2. The second-order valence-electron chi connectivity index (χ2n) is 22.1. The van der Waals surface area contributed by atoms with Crippen molar-refractivity contribution in [2.24, 2.45) is 52.3 Å². The van der Waals surface area contributed by atoms with Crippen LogP contribution >= 0.6 is 0 Å². The van der Waals surface area contributed by atoms with Gasteiger partial charge in [0.2, 0.25) is 8.32 Å². The predicted octanol–water partition coefficient (Wildman–Crippen LogP) is 13.8. The van der Waals surface area contributed by atoms with E-state index < -0.39 is 16.6 Å².